The highest BCUT2D eigenvalue weighted by Gasteiger charge is 2.26. The number of rotatable bonds is 4. The van der Waals surface area contributed by atoms with E-state index in [4.69, 9.17) is 23.2 Å². The van der Waals surface area contributed by atoms with Crippen molar-refractivity contribution < 1.29 is 9.72 Å². The van der Waals surface area contributed by atoms with Crippen LogP contribution >= 0.6 is 34.5 Å². The zero-order valence-corrected chi connectivity index (χ0v) is 17.6. The number of nitro groups is 1. The second-order valence-corrected chi connectivity index (χ2v) is 8.75. The molecular weight excluding hydrogens is 433 g/mol. The molecule has 1 aliphatic rings. The van der Waals surface area contributed by atoms with Crippen LogP contribution in [0.25, 0.3) is 10.1 Å². The van der Waals surface area contributed by atoms with Gasteiger partial charge in [-0.1, -0.05) is 35.3 Å². The Labute approximate surface area is 181 Å². The van der Waals surface area contributed by atoms with Crippen LogP contribution in [0.5, 0.6) is 0 Å². The number of halogens is 2. The van der Waals surface area contributed by atoms with Gasteiger partial charge in [0.1, 0.15) is 4.88 Å². The largest absolute Gasteiger partial charge is 0.335 e. The van der Waals surface area contributed by atoms with Crippen molar-refractivity contribution >= 4 is 56.2 Å². The van der Waals surface area contributed by atoms with Gasteiger partial charge in [-0.2, -0.15) is 0 Å². The monoisotopic (exact) mass is 449 g/mol. The van der Waals surface area contributed by atoms with Gasteiger partial charge in [0.2, 0.25) is 0 Å². The van der Waals surface area contributed by atoms with Crippen LogP contribution in [-0.4, -0.2) is 46.8 Å². The SMILES string of the molecule is O=C(c1sc2cc([N+](=O)[O-])ccc2c1Cl)N1CCN(Cc2cccc(Cl)c2)CC1. The number of thiophene rings is 1. The molecule has 1 aliphatic heterocycles. The van der Waals surface area contributed by atoms with Gasteiger partial charge in [0.05, 0.1) is 9.95 Å². The predicted octanol–water partition coefficient (Wildman–Crippen LogP) is 5.07. The molecule has 29 heavy (non-hydrogen) atoms. The molecule has 0 bridgehead atoms. The van der Waals surface area contributed by atoms with E-state index in [0.717, 1.165) is 30.2 Å². The molecule has 3 aromatic rings. The highest BCUT2D eigenvalue weighted by Crippen LogP contribution is 2.38. The fourth-order valence-electron chi connectivity index (χ4n) is 3.45. The Hall–Kier alpha value is -2.19. The van der Waals surface area contributed by atoms with E-state index in [0.29, 0.717) is 33.1 Å². The Morgan fingerprint density at radius 2 is 1.86 bits per heavy atom. The van der Waals surface area contributed by atoms with Crippen LogP contribution in [0.3, 0.4) is 0 Å². The zero-order chi connectivity index (χ0) is 20.5. The van der Waals surface area contributed by atoms with Gasteiger partial charge >= 0.3 is 0 Å². The van der Waals surface area contributed by atoms with E-state index >= 15 is 0 Å². The summed E-state index contributed by atoms with van der Waals surface area (Å²) in [5.74, 6) is -0.124. The molecule has 0 N–H and O–H groups in total. The first-order chi connectivity index (χ1) is 13.9. The molecular formula is C20H17Cl2N3O3S. The molecule has 0 unspecified atom stereocenters. The summed E-state index contributed by atoms with van der Waals surface area (Å²) in [6.07, 6.45) is 0. The number of amides is 1. The number of non-ortho nitro benzene ring substituents is 1. The van der Waals surface area contributed by atoms with Crippen molar-refractivity contribution in [3.63, 3.8) is 0 Å². The van der Waals surface area contributed by atoms with E-state index in [2.05, 4.69) is 4.90 Å². The summed E-state index contributed by atoms with van der Waals surface area (Å²) in [5.41, 5.74) is 1.13. The molecule has 2 aromatic carbocycles. The van der Waals surface area contributed by atoms with E-state index in [-0.39, 0.29) is 11.6 Å². The summed E-state index contributed by atoms with van der Waals surface area (Å²) in [6, 6.07) is 12.3. The Balaban J connectivity index is 1.45. The average molecular weight is 450 g/mol. The first kappa shape index (κ1) is 20.1. The van der Waals surface area contributed by atoms with Crippen molar-refractivity contribution in [1.29, 1.82) is 0 Å². The van der Waals surface area contributed by atoms with Crippen molar-refractivity contribution in [3.8, 4) is 0 Å². The molecule has 4 rings (SSSR count). The highest BCUT2D eigenvalue weighted by atomic mass is 35.5. The van der Waals surface area contributed by atoms with Gasteiger partial charge in [-0.15, -0.1) is 11.3 Å². The van der Waals surface area contributed by atoms with E-state index in [9.17, 15) is 14.9 Å². The summed E-state index contributed by atoms with van der Waals surface area (Å²) in [4.78, 5) is 28.0. The van der Waals surface area contributed by atoms with E-state index < -0.39 is 4.92 Å². The number of nitrogens with zero attached hydrogens (tertiary/aromatic N) is 3. The second-order valence-electron chi connectivity index (χ2n) is 6.88. The molecule has 0 spiro atoms. The number of benzene rings is 2. The molecule has 6 nitrogen and oxygen atoms in total. The molecule has 1 saturated heterocycles. The molecule has 1 aromatic heterocycles. The third-order valence-electron chi connectivity index (χ3n) is 4.97. The molecule has 1 amide bonds. The maximum Gasteiger partial charge on any atom is 0.270 e. The Morgan fingerprint density at radius 1 is 1.10 bits per heavy atom. The topological polar surface area (TPSA) is 66.7 Å². The fourth-order valence-corrected chi connectivity index (χ4v) is 5.18. The number of fused-ring (bicyclic) bond motifs is 1. The van der Waals surface area contributed by atoms with Crippen molar-refractivity contribution in [2.45, 2.75) is 6.54 Å². The number of carbonyl (C=O) groups is 1. The van der Waals surface area contributed by atoms with Crippen LogP contribution < -0.4 is 0 Å². The minimum atomic E-state index is -0.451. The van der Waals surface area contributed by atoms with Crippen molar-refractivity contribution in [2.24, 2.45) is 0 Å². The summed E-state index contributed by atoms with van der Waals surface area (Å²) in [7, 11) is 0. The zero-order valence-electron chi connectivity index (χ0n) is 15.3. The molecule has 0 radical (unpaired) electrons. The second kappa shape index (κ2) is 8.28. The minimum absolute atomic E-state index is 0.0101. The molecule has 1 fully saturated rings. The first-order valence-electron chi connectivity index (χ1n) is 9.05. The van der Waals surface area contributed by atoms with Crippen LogP contribution in [0.2, 0.25) is 10.0 Å². The molecule has 2 heterocycles. The molecule has 9 heteroatoms. The molecule has 0 aliphatic carbocycles. The van der Waals surface area contributed by atoms with Gasteiger partial charge in [-0.25, -0.2) is 0 Å². The van der Waals surface area contributed by atoms with Crippen molar-refractivity contribution in [2.75, 3.05) is 26.2 Å². The van der Waals surface area contributed by atoms with Crippen LogP contribution in [-0.2, 0) is 6.54 Å². The van der Waals surface area contributed by atoms with Gasteiger partial charge in [0.25, 0.3) is 11.6 Å². The number of hydrogen-bond donors (Lipinski definition) is 0. The fraction of sp³-hybridized carbons (Fsp3) is 0.250. The summed E-state index contributed by atoms with van der Waals surface area (Å²) < 4.78 is 0.646. The van der Waals surface area contributed by atoms with Gasteiger partial charge < -0.3 is 4.90 Å². The average Bonchev–Trinajstić information content (AvgIpc) is 3.04. The quantitative estimate of drug-likeness (QED) is 0.411. The van der Waals surface area contributed by atoms with Gasteiger partial charge in [0, 0.05) is 60.0 Å². The summed E-state index contributed by atoms with van der Waals surface area (Å²) in [6.45, 7) is 3.50. The number of carbonyl (C=O) groups excluding carboxylic acids is 1. The van der Waals surface area contributed by atoms with Crippen LogP contribution in [0, 0.1) is 10.1 Å². The lowest BCUT2D eigenvalue weighted by Crippen LogP contribution is -2.48. The lowest BCUT2D eigenvalue weighted by molar-refractivity contribution is -0.384. The number of hydrogen-bond acceptors (Lipinski definition) is 5. The Morgan fingerprint density at radius 3 is 2.55 bits per heavy atom. The predicted molar refractivity (Wildman–Crippen MR) is 116 cm³/mol. The first-order valence-corrected chi connectivity index (χ1v) is 10.6. The van der Waals surface area contributed by atoms with E-state index in [1.54, 1.807) is 11.0 Å². The Bertz CT molecular complexity index is 1090. The third kappa shape index (κ3) is 4.23. The van der Waals surface area contributed by atoms with Crippen molar-refractivity contribution in [3.05, 3.63) is 73.1 Å². The third-order valence-corrected chi connectivity index (χ3v) is 6.85. The van der Waals surface area contributed by atoms with Crippen LogP contribution in [0.4, 0.5) is 5.69 Å². The summed E-state index contributed by atoms with van der Waals surface area (Å²) in [5, 5.41) is 12.7. The maximum atomic E-state index is 13.0. The standard InChI is InChI=1S/C20H17Cl2N3O3S/c21-14-3-1-2-13(10-14)12-23-6-8-24(9-7-23)20(26)19-18(22)16-5-4-15(25(27)28)11-17(16)29-19/h1-5,10-11H,6-9,12H2. The smallest absolute Gasteiger partial charge is 0.270 e. The Kier molecular flexibility index (Phi) is 5.74. The van der Waals surface area contributed by atoms with E-state index in [1.807, 2.05) is 24.3 Å². The summed E-state index contributed by atoms with van der Waals surface area (Å²) >= 11 is 13.7. The minimum Gasteiger partial charge on any atom is -0.335 e. The number of piperazine rings is 1. The normalized spacial score (nSPS) is 15.0. The lowest BCUT2D eigenvalue weighted by Gasteiger charge is -2.34. The van der Waals surface area contributed by atoms with Crippen LogP contribution in [0.1, 0.15) is 15.2 Å². The van der Waals surface area contributed by atoms with Crippen LogP contribution in [0.15, 0.2) is 42.5 Å². The molecule has 150 valence electrons. The van der Waals surface area contributed by atoms with E-state index in [1.165, 1.54) is 23.5 Å². The molecule has 0 atom stereocenters. The molecule has 0 saturated carbocycles. The van der Waals surface area contributed by atoms with Crippen molar-refractivity contribution in [1.82, 2.24) is 9.80 Å². The van der Waals surface area contributed by atoms with Gasteiger partial charge in [-0.05, 0) is 23.8 Å². The highest BCUT2D eigenvalue weighted by molar-refractivity contribution is 7.21. The number of nitro benzene ring substituents is 1. The lowest BCUT2D eigenvalue weighted by atomic mass is 10.2. The van der Waals surface area contributed by atoms with Gasteiger partial charge in [0.15, 0.2) is 0 Å². The van der Waals surface area contributed by atoms with Gasteiger partial charge in [-0.3, -0.25) is 19.8 Å². The maximum absolute atomic E-state index is 13.0.